The van der Waals surface area contributed by atoms with Gasteiger partial charge in [-0.2, -0.15) is 0 Å². The minimum absolute atomic E-state index is 0.0874. The molecule has 0 bridgehead atoms. The van der Waals surface area contributed by atoms with E-state index in [1.807, 2.05) is 0 Å². The summed E-state index contributed by atoms with van der Waals surface area (Å²) in [7, 11) is -3.38. The normalized spacial score (nSPS) is 11.1. The summed E-state index contributed by atoms with van der Waals surface area (Å²) in [5.74, 6) is -0.576. The molecule has 0 radical (unpaired) electrons. The molecule has 128 valence electrons. The predicted molar refractivity (Wildman–Crippen MR) is 87.7 cm³/mol. The smallest absolute Gasteiger partial charge is 0.287 e. The van der Waals surface area contributed by atoms with Crippen LogP contribution >= 0.6 is 0 Å². The van der Waals surface area contributed by atoms with Crippen LogP contribution in [0.1, 0.15) is 26.5 Å². The number of benzene rings is 1. The van der Waals surface area contributed by atoms with Crippen molar-refractivity contribution in [2.75, 3.05) is 19.3 Å². The number of nitrogens with one attached hydrogen (secondary N) is 2. The second kappa shape index (κ2) is 7.31. The van der Waals surface area contributed by atoms with Crippen molar-refractivity contribution < 1.29 is 22.4 Å². The molecule has 0 aliphatic heterocycles. The van der Waals surface area contributed by atoms with Gasteiger partial charge in [0.05, 0.1) is 11.2 Å². The van der Waals surface area contributed by atoms with Gasteiger partial charge in [-0.3, -0.25) is 9.59 Å². The summed E-state index contributed by atoms with van der Waals surface area (Å²) in [6.45, 7) is 2.14. The maximum Gasteiger partial charge on any atom is 0.287 e. The van der Waals surface area contributed by atoms with E-state index in [1.54, 1.807) is 19.1 Å². The molecule has 7 nitrogen and oxygen atoms in total. The monoisotopic (exact) mass is 350 g/mol. The van der Waals surface area contributed by atoms with E-state index < -0.39 is 15.7 Å². The van der Waals surface area contributed by atoms with E-state index in [0.29, 0.717) is 5.56 Å². The van der Waals surface area contributed by atoms with Gasteiger partial charge in [0.25, 0.3) is 11.8 Å². The molecule has 0 unspecified atom stereocenters. The zero-order valence-electron chi connectivity index (χ0n) is 13.3. The van der Waals surface area contributed by atoms with Crippen LogP contribution in [0.15, 0.2) is 45.9 Å². The molecule has 24 heavy (non-hydrogen) atoms. The maximum absolute atomic E-state index is 12.2. The van der Waals surface area contributed by atoms with E-state index in [1.165, 1.54) is 24.5 Å². The van der Waals surface area contributed by atoms with Gasteiger partial charge < -0.3 is 15.1 Å². The molecule has 8 heteroatoms. The zero-order chi connectivity index (χ0) is 17.7. The SMILES string of the molecule is Cc1ccc(S(C)(=O)=O)cc1C(=O)NCCNC(=O)c1ccco1. The molecule has 0 aliphatic rings. The Labute approximate surface area is 140 Å². The fourth-order valence-electron chi connectivity index (χ4n) is 2.02. The number of aryl methyl sites for hydroxylation is 1. The molecule has 2 aromatic rings. The number of amides is 2. The van der Waals surface area contributed by atoms with Crippen molar-refractivity contribution in [3.8, 4) is 0 Å². The van der Waals surface area contributed by atoms with E-state index >= 15 is 0 Å². The third-order valence-electron chi connectivity index (χ3n) is 3.32. The molecule has 0 saturated heterocycles. The first-order valence-corrected chi connectivity index (χ1v) is 9.09. The number of carbonyl (C=O) groups is 2. The Kier molecular flexibility index (Phi) is 5.40. The molecule has 2 N–H and O–H groups in total. The Morgan fingerprint density at radius 3 is 2.33 bits per heavy atom. The van der Waals surface area contributed by atoms with Crippen molar-refractivity contribution in [1.82, 2.24) is 10.6 Å². The van der Waals surface area contributed by atoms with Crippen LogP contribution in [0.4, 0.5) is 0 Å². The second-order valence-electron chi connectivity index (χ2n) is 5.24. The fraction of sp³-hybridized carbons (Fsp3) is 0.250. The highest BCUT2D eigenvalue weighted by molar-refractivity contribution is 7.90. The van der Waals surface area contributed by atoms with Gasteiger partial charge in [-0.25, -0.2) is 8.42 Å². The van der Waals surface area contributed by atoms with Gasteiger partial charge >= 0.3 is 0 Å². The minimum atomic E-state index is -3.38. The Balaban J connectivity index is 1.92. The summed E-state index contributed by atoms with van der Waals surface area (Å²) in [4.78, 5) is 23.9. The maximum atomic E-state index is 12.2. The third-order valence-corrected chi connectivity index (χ3v) is 4.43. The molecule has 1 heterocycles. The highest BCUT2D eigenvalue weighted by Crippen LogP contribution is 2.15. The van der Waals surface area contributed by atoms with Crippen LogP contribution in [0, 0.1) is 6.92 Å². The predicted octanol–water partition coefficient (Wildman–Crippen LogP) is 1.15. The number of furan rings is 1. The van der Waals surface area contributed by atoms with E-state index in [9.17, 15) is 18.0 Å². The molecule has 1 aromatic carbocycles. The lowest BCUT2D eigenvalue weighted by Gasteiger charge is -2.09. The lowest BCUT2D eigenvalue weighted by Crippen LogP contribution is -2.34. The van der Waals surface area contributed by atoms with Gasteiger partial charge in [-0.05, 0) is 36.8 Å². The van der Waals surface area contributed by atoms with Crippen molar-refractivity contribution in [1.29, 1.82) is 0 Å². The molecule has 0 fully saturated rings. The Morgan fingerprint density at radius 2 is 1.75 bits per heavy atom. The van der Waals surface area contributed by atoms with Crippen LogP contribution in [0.5, 0.6) is 0 Å². The van der Waals surface area contributed by atoms with Crippen molar-refractivity contribution in [2.45, 2.75) is 11.8 Å². The van der Waals surface area contributed by atoms with E-state index in [4.69, 9.17) is 4.42 Å². The van der Waals surface area contributed by atoms with Crippen LogP contribution in [0.25, 0.3) is 0 Å². The summed E-state index contributed by atoms with van der Waals surface area (Å²) < 4.78 is 28.1. The van der Waals surface area contributed by atoms with Crippen LogP contribution in [-0.2, 0) is 9.84 Å². The first kappa shape index (κ1) is 17.7. The summed E-state index contributed by atoms with van der Waals surface area (Å²) in [6, 6.07) is 7.54. The molecule has 0 atom stereocenters. The molecule has 0 spiro atoms. The number of hydrogen-bond donors (Lipinski definition) is 2. The molecule has 0 aliphatic carbocycles. The standard InChI is InChI=1S/C16H18N2O5S/c1-11-5-6-12(24(2,21)22)10-13(11)15(19)17-7-8-18-16(20)14-4-3-9-23-14/h3-6,9-10H,7-8H2,1-2H3,(H,17,19)(H,18,20). The van der Waals surface area contributed by atoms with E-state index in [-0.39, 0.29) is 35.2 Å². The van der Waals surface area contributed by atoms with Crippen LogP contribution in [0.3, 0.4) is 0 Å². The zero-order valence-corrected chi connectivity index (χ0v) is 14.1. The van der Waals surface area contributed by atoms with Gasteiger partial charge in [0, 0.05) is 24.9 Å². The first-order valence-electron chi connectivity index (χ1n) is 7.19. The average molecular weight is 350 g/mol. The fourth-order valence-corrected chi connectivity index (χ4v) is 2.67. The van der Waals surface area contributed by atoms with Gasteiger partial charge in [0.1, 0.15) is 0 Å². The third kappa shape index (κ3) is 4.45. The van der Waals surface area contributed by atoms with Crippen molar-refractivity contribution in [3.05, 3.63) is 53.5 Å². The highest BCUT2D eigenvalue weighted by atomic mass is 32.2. The molecule has 0 saturated carbocycles. The van der Waals surface area contributed by atoms with Crippen molar-refractivity contribution in [2.24, 2.45) is 0 Å². The highest BCUT2D eigenvalue weighted by Gasteiger charge is 2.14. The number of carbonyl (C=O) groups excluding carboxylic acids is 2. The van der Waals surface area contributed by atoms with Gasteiger partial charge in [-0.15, -0.1) is 0 Å². The van der Waals surface area contributed by atoms with Crippen molar-refractivity contribution >= 4 is 21.7 Å². The van der Waals surface area contributed by atoms with Gasteiger partial charge in [-0.1, -0.05) is 6.07 Å². The Hall–Kier alpha value is -2.61. The van der Waals surface area contributed by atoms with Crippen molar-refractivity contribution in [3.63, 3.8) is 0 Å². The number of sulfone groups is 1. The lowest BCUT2D eigenvalue weighted by atomic mass is 10.1. The van der Waals surface area contributed by atoms with Crippen LogP contribution < -0.4 is 10.6 Å². The van der Waals surface area contributed by atoms with Gasteiger partial charge in [0.2, 0.25) is 0 Å². The molecular formula is C16H18N2O5S. The van der Waals surface area contributed by atoms with E-state index in [0.717, 1.165) is 6.26 Å². The summed E-state index contributed by atoms with van der Waals surface area (Å²) in [5, 5.41) is 5.24. The topological polar surface area (TPSA) is 105 Å². The second-order valence-corrected chi connectivity index (χ2v) is 7.25. The summed E-state index contributed by atoms with van der Waals surface area (Å²) >= 11 is 0. The van der Waals surface area contributed by atoms with Gasteiger partial charge in [0.15, 0.2) is 15.6 Å². The Bertz CT molecular complexity index is 841. The average Bonchev–Trinajstić information content (AvgIpc) is 3.04. The lowest BCUT2D eigenvalue weighted by molar-refractivity contribution is 0.0910. The largest absolute Gasteiger partial charge is 0.459 e. The summed E-state index contributed by atoms with van der Waals surface area (Å²) in [6.07, 6.45) is 2.48. The summed E-state index contributed by atoms with van der Waals surface area (Å²) in [5.41, 5.74) is 0.954. The quantitative estimate of drug-likeness (QED) is 0.760. The molecular weight excluding hydrogens is 332 g/mol. The minimum Gasteiger partial charge on any atom is -0.459 e. The molecule has 2 amide bonds. The molecule has 2 rings (SSSR count). The Morgan fingerprint density at radius 1 is 1.08 bits per heavy atom. The van der Waals surface area contributed by atoms with Crippen LogP contribution in [-0.4, -0.2) is 39.6 Å². The first-order chi connectivity index (χ1) is 11.3. The number of rotatable bonds is 6. The number of hydrogen-bond acceptors (Lipinski definition) is 5. The molecule has 1 aromatic heterocycles. The van der Waals surface area contributed by atoms with Crippen LogP contribution in [0.2, 0.25) is 0 Å². The van der Waals surface area contributed by atoms with E-state index in [2.05, 4.69) is 10.6 Å².